The van der Waals surface area contributed by atoms with Gasteiger partial charge in [0.1, 0.15) is 12.2 Å². The lowest BCUT2D eigenvalue weighted by atomic mass is 10.1. The number of anilines is 1. The maximum atomic E-state index is 13.3. The molecule has 0 radical (unpaired) electrons. The lowest BCUT2D eigenvalue weighted by Crippen LogP contribution is -2.54. The summed E-state index contributed by atoms with van der Waals surface area (Å²) in [5, 5.41) is 11.7. The number of carbonyl (C=O) groups excluding carboxylic acids is 2. The predicted octanol–water partition coefficient (Wildman–Crippen LogP) is 4.50. The number of carbonyl (C=O) groups is 3. The summed E-state index contributed by atoms with van der Waals surface area (Å²) in [6, 6.07) is 18.9. The van der Waals surface area contributed by atoms with E-state index in [0.717, 1.165) is 16.0 Å². The summed E-state index contributed by atoms with van der Waals surface area (Å²) in [5.41, 5.74) is 2.76. The summed E-state index contributed by atoms with van der Waals surface area (Å²) in [7, 11) is 0. The number of nitrogens with zero attached hydrogens (tertiary/aromatic N) is 1. The Bertz CT molecular complexity index is 1410. The molecule has 9 heteroatoms. The molecule has 0 bridgehead atoms. The third kappa shape index (κ3) is 5.84. The van der Waals surface area contributed by atoms with Crippen LogP contribution in [0.2, 0.25) is 0 Å². The first kappa shape index (κ1) is 25.6. The smallest absolute Gasteiger partial charge is 0.335 e. The Morgan fingerprint density at radius 3 is 2.49 bits per heavy atom. The highest BCUT2D eigenvalue weighted by atomic mass is 32.1. The van der Waals surface area contributed by atoms with Crippen LogP contribution in [0.5, 0.6) is 11.5 Å². The Labute approximate surface area is 219 Å². The van der Waals surface area contributed by atoms with Crippen LogP contribution < -0.4 is 19.7 Å². The molecule has 3 aromatic carbocycles. The molecular weight excluding hydrogens is 492 g/mol. The summed E-state index contributed by atoms with van der Waals surface area (Å²) < 4.78 is 11.7. The van der Waals surface area contributed by atoms with Crippen LogP contribution in [0.15, 0.2) is 72.3 Å². The van der Waals surface area contributed by atoms with E-state index in [2.05, 4.69) is 5.32 Å². The highest BCUT2D eigenvalue weighted by Gasteiger charge is 2.34. The summed E-state index contributed by atoms with van der Waals surface area (Å²) in [4.78, 5) is 38.4. The number of rotatable bonds is 8. The van der Waals surface area contributed by atoms with Crippen molar-refractivity contribution in [2.75, 3.05) is 11.5 Å². The van der Waals surface area contributed by atoms with Crippen LogP contribution in [-0.4, -0.2) is 34.6 Å². The second kappa shape index (κ2) is 11.0. The van der Waals surface area contributed by atoms with Gasteiger partial charge in [-0.25, -0.2) is 4.79 Å². The van der Waals surface area contributed by atoms with Crippen molar-refractivity contribution in [2.45, 2.75) is 20.5 Å². The molecule has 1 aliphatic rings. The number of carboxylic acids is 1. The summed E-state index contributed by atoms with van der Waals surface area (Å²) in [5.74, 6) is -1.48. The Hall–Kier alpha value is -4.50. The molecule has 0 aliphatic carbocycles. The molecule has 0 saturated carbocycles. The lowest BCUT2D eigenvalue weighted by molar-refractivity contribution is -0.122. The SMILES string of the molecule is CCOc1cc(C=C2C(=O)NC(=S)N(c3cccc(C(=O)O)c3)C2=O)ccc1OCc1ccc(C)cc1. The molecule has 2 N–H and O–H groups in total. The third-order valence-electron chi connectivity index (χ3n) is 5.55. The Balaban J connectivity index is 1.62. The van der Waals surface area contributed by atoms with Gasteiger partial charge in [0.25, 0.3) is 11.8 Å². The molecule has 1 heterocycles. The number of aromatic carboxylic acids is 1. The van der Waals surface area contributed by atoms with Gasteiger partial charge in [-0.15, -0.1) is 0 Å². The van der Waals surface area contributed by atoms with E-state index < -0.39 is 17.8 Å². The second-order valence-electron chi connectivity index (χ2n) is 8.23. The maximum Gasteiger partial charge on any atom is 0.335 e. The molecule has 8 nitrogen and oxygen atoms in total. The second-order valence-corrected chi connectivity index (χ2v) is 8.61. The fraction of sp³-hybridized carbons (Fsp3) is 0.143. The molecule has 1 fully saturated rings. The number of nitrogens with one attached hydrogen (secondary N) is 1. The van der Waals surface area contributed by atoms with E-state index in [0.29, 0.717) is 30.3 Å². The van der Waals surface area contributed by atoms with Crippen LogP contribution in [0, 0.1) is 6.92 Å². The number of amides is 2. The first-order valence-corrected chi connectivity index (χ1v) is 11.9. The van der Waals surface area contributed by atoms with Crippen LogP contribution in [0.1, 0.15) is 34.0 Å². The number of hydrogen-bond donors (Lipinski definition) is 2. The van der Waals surface area contributed by atoms with Crippen LogP contribution in [0.3, 0.4) is 0 Å². The van der Waals surface area contributed by atoms with E-state index in [4.69, 9.17) is 21.7 Å². The van der Waals surface area contributed by atoms with Crippen molar-refractivity contribution >= 4 is 46.9 Å². The molecule has 0 spiro atoms. The Morgan fingerprint density at radius 2 is 1.78 bits per heavy atom. The first-order valence-electron chi connectivity index (χ1n) is 11.5. The number of aryl methyl sites for hydroxylation is 1. The van der Waals surface area contributed by atoms with E-state index in [-0.39, 0.29) is 21.9 Å². The minimum absolute atomic E-state index is 0.0156. The van der Waals surface area contributed by atoms with E-state index in [9.17, 15) is 19.5 Å². The summed E-state index contributed by atoms with van der Waals surface area (Å²) in [6.45, 7) is 4.60. The number of carboxylic acid groups (broad SMARTS) is 1. The van der Waals surface area contributed by atoms with E-state index in [1.54, 1.807) is 24.3 Å². The van der Waals surface area contributed by atoms with Gasteiger partial charge in [-0.3, -0.25) is 19.8 Å². The van der Waals surface area contributed by atoms with Gasteiger partial charge in [-0.1, -0.05) is 42.0 Å². The normalized spacial score (nSPS) is 14.5. The van der Waals surface area contributed by atoms with Crippen molar-refractivity contribution in [3.63, 3.8) is 0 Å². The van der Waals surface area contributed by atoms with Gasteiger partial charge in [-0.05, 0) is 73.6 Å². The van der Waals surface area contributed by atoms with Gasteiger partial charge >= 0.3 is 5.97 Å². The zero-order valence-electron chi connectivity index (χ0n) is 20.2. The van der Waals surface area contributed by atoms with Gasteiger partial charge in [0, 0.05) is 0 Å². The van der Waals surface area contributed by atoms with Gasteiger partial charge in [0.05, 0.1) is 17.9 Å². The number of hydrogen-bond acceptors (Lipinski definition) is 6. The van der Waals surface area contributed by atoms with Gasteiger partial charge in [0.2, 0.25) is 0 Å². The van der Waals surface area contributed by atoms with Crippen molar-refractivity contribution in [1.82, 2.24) is 5.32 Å². The first-order chi connectivity index (χ1) is 17.8. The largest absolute Gasteiger partial charge is 0.490 e. The molecule has 188 valence electrons. The molecule has 2 amide bonds. The number of benzene rings is 3. The summed E-state index contributed by atoms with van der Waals surface area (Å²) >= 11 is 5.20. The molecule has 4 rings (SSSR count). The number of thiocarbonyl (C=S) groups is 1. The minimum atomic E-state index is -1.15. The highest BCUT2D eigenvalue weighted by Crippen LogP contribution is 2.31. The monoisotopic (exact) mass is 516 g/mol. The van der Waals surface area contributed by atoms with E-state index in [1.165, 1.54) is 24.3 Å². The zero-order chi connectivity index (χ0) is 26.5. The average molecular weight is 517 g/mol. The topological polar surface area (TPSA) is 105 Å². The molecule has 1 aliphatic heterocycles. The van der Waals surface area contributed by atoms with Crippen LogP contribution >= 0.6 is 12.2 Å². The van der Waals surface area contributed by atoms with Crippen molar-refractivity contribution in [3.05, 3.63) is 94.6 Å². The molecule has 0 aromatic heterocycles. The van der Waals surface area contributed by atoms with Gasteiger partial charge in [-0.2, -0.15) is 0 Å². The fourth-order valence-corrected chi connectivity index (χ4v) is 3.97. The van der Waals surface area contributed by atoms with E-state index in [1.807, 2.05) is 38.1 Å². The van der Waals surface area contributed by atoms with Crippen LogP contribution in [0.4, 0.5) is 5.69 Å². The molecular formula is C28H24N2O6S. The minimum Gasteiger partial charge on any atom is -0.490 e. The van der Waals surface area contributed by atoms with E-state index >= 15 is 0 Å². The summed E-state index contributed by atoms with van der Waals surface area (Å²) in [6.07, 6.45) is 1.43. The third-order valence-corrected chi connectivity index (χ3v) is 5.83. The maximum absolute atomic E-state index is 13.3. The van der Waals surface area contributed by atoms with Crippen LogP contribution in [-0.2, 0) is 16.2 Å². The van der Waals surface area contributed by atoms with Crippen LogP contribution in [0.25, 0.3) is 6.08 Å². The average Bonchev–Trinajstić information content (AvgIpc) is 2.87. The lowest BCUT2D eigenvalue weighted by Gasteiger charge is -2.29. The molecule has 0 atom stereocenters. The Kier molecular flexibility index (Phi) is 7.64. The molecule has 3 aromatic rings. The van der Waals surface area contributed by atoms with Crippen molar-refractivity contribution in [1.29, 1.82) is 0 Å². The van der Waals surface area contributed by atoms with Crippen molar-refractivity contribution in [3.8, 4) is 11.5 Å². The van der Waals surface area contributed by atoms with Crippen molar-refractivity contribution in [2.24, 2.45) is 0 Å². The zero-order valence-corrected chi connectivity index (χ0v) is 21.0. The highest BCUT2D eigenvalue weighted by molar-refractivity contribution is 7.80. The molecule has 0 unspecified atom stereocenters. The quantitative estimate of drug-likeness (QED) is 0.258. The number of ether oxygens (including phenoxy) is 2. The van der Waals surface area contributed by atoms with Gasteiger partial charge in [0.15, 0.2) is 16.6 Å². The molecule has 37 heavy (non-hydrogen) atoms. The Morgan fingerprint density at radius 1 is 1.03 bits per heavy atom. The van der Waals surface area contributed by atoms with Gasteiger partial charge < -0.3 is 14.6 Å². The fourth-order valence-electron chi connectivity index (χ4n) is 3.68. The predicted molar refractivity (Wildman–Crippen MR) is 143 cm³/mol. The standard InChI is InChI=1S/C28H24N2O6S/c1-3-35-24-14-19(11-12-23(24)36-16-18-9-7-17(2)8-10-18)13-22-25(31)29-28(37)30(26(22)32)21-6-4-5-20(15-21)27(33)34/h4-15H,3,16H2,1-2H3,(H,33,34)(H,29,31,37). The molecule has 1 saturated heterocycles. The van der Waals surface area contributed by atoms with Crippen molar-refractivity contribution < 1.29 is 29.0 Å².